The van der Waals surface area contributed by atoms with Gasteiger partial charge in [0.05, 0.1) is 4.90 Å². The highest BCUT2D eigenvalue weighted by Gasteiger charge is 2.18. The Morgan fingerprint density at radius 1 is 0.958 bits per heavy atom. The van der Waals surface area contributed by atoms with Crippen molar-refractivity contribution in [2.45, 2.75) is 43.5 Å². The Hall–Kier alpha value is -1.95. The highest BCUT2D eigenvalue weighted by Crippen LogP contribution is 2.26. The van der Waals surface area contributed by atoms with E-state index >= 15 is 0 Å². The van der Waals surface area contributed by atoms with E-state index in [-0.39, 0.29) is 0 Å². The van der Waals surface area contributed by atoms with E-state index in [1.807, 2.05) is 0 Å². The Kier molecular flexibility index (Phi) is 4.85. The summed E-state index contributed by atoms with van der Waals surface area (Å²) in [5.74, 6) is 1.48. The average molecular weight is 345 g/mol. The minimum atomic E-state index is -3.17. The van der Waals surface area contributed by atoms with Crippen molar-refractivity contribution in [1.82, 2.24) is 9.97 Å². The lowest BCUT2D eigenvalue weighted by molar-refractivity contribution is 0.360. The fourth-order valence-corrected chi connectivity index (χ4v) is 3.66. The third-order valence-corrected chi connectivity index (χ3v) is 5.75. The molecule has 1 heterocycles. The maximum Gasteiger partial charge on any atom is 0.222 e. The first-order valence-electron chi connectivity index (χ1n) is 8.31. The molecule has 1 aliphatic carbocycles. The molecule has 0 radical (unpaired) electrons. The van der Waals surface area contributed by atoms with Crippen molar-refractivity contribution in [3.63, 3.8) is 0 Å². The Labute approximate surface area is 143 Å². The van der Waals surface area contributed by atoms with Crippen LogP contribution in [-0.4, -0.2) is 30.7 Å². The first kappa shape index (κ1) is 16.9. The lowest BCUT2D eigenvalue weighted by atomic mass is 9.87. The van der Waals surface area contributed by atoms with E-state index < -0.39 is 9.84 Å². The molecular formula is C18H23N3O2S. The van der Waals surface area contributed by atoms with Crippen LogP contribution in [0, 0.1) is 5.92 Å². The topological polar surface area (TPSA) is 72.0 Å². The molecule has 5 nitrogen and oxygen atoms in total. The Morgan fingerprint density at radius 3 is 2.08 bits per heavy atom. The Morgan fingerprint density at radius 2 is 1.54 bits per heavy atom. The van der Waals surface area contributed by atoms with Crippen molar-refractivity contribution in [2.24, 2.45) is 5.92 Å². The van der Waals surface area contributed by atoms with Crippen LogP contribution in [0.2, 0.25) is 0 Å². The van der Waals surface area contributed by atoms with Crippen LogP contribution < -0.4 is 5.32 Å². The molecule has 1 aromatic carbocycles. The molecule has 0 saturated heterocycles. The second-order valence-electron chi connectivity index (χ2n) is 6.69. The van der Waals surface area contributed by atoms with Crippen molar-refractivity contribution in [1.29, 1.82) is 0 Å². The summed E-state index contributed by atoms with van der Waals surface area (Å²) in [5, 5.41) is 3.41. The van der Waals surface area contributed by atoms with Gasteiger partial charge in [-0.3, -0.25) is 0 Å². The first-order chi connectivity index (χ1) is 11.4. The van der Waals surface area contributed by atoms with Crippen LogP contribution in [0.25, 0.3) is 11.1 Å². The number of anilines is 1. The Bertz CT molecular complexity index is 778. The molecule has 0 spiro atoms. The number of nitrogens with zero attached hydrogens (tertiary/aromatic N) is 2. The van der Waals surface area contributed by atoms with E-state index in [9.17, 15) is 8.42 Å². The summed E-state index contributed by atoms with van der Waals surface area (Å²) < 4.78 is 23.0. The smallest absolute Gasteiger partial charge is 0.222 e. The molecule has 0 unspecified atom stereocenters. The number of hydrogen-bond acceptors (Lipinski definition) is 5. The number of sulfone groups is 1. The molecule has 1 fully saturated rings. The molecule has 1 aromatic heterocycles. The van der Waals surface area contributed by atoms with Gasteiger partial charge in [0.1, 0.15) is 0 Å². The van der Waals surface area contributed by atoms with Gasteiger partial charge in [0, 0.05) is 30.3 Å². The molecule has 6 heteroatoms. The minimum Gasteiger partial charge on any atom is -0.351 e. The summed E-state index contributed by atoms with van der Waals surface area (Å²) in [4.78, 5) is 9.11. The molecule has 2 aromatic rings. The third kappa shape index (κ3) is 4.12. The SMILES string of the molecule is CC1CCC(Nc2ncc(-c3ccc(S(C)(=O)=O)cc3)cn2)CC1. The van der Waals surface area contributed by atoms with Gasteiger partial charge in [-0.25, -0.2) is 18.4 Å². The van der Waals surface area contributed by atoms with Gasteiger partial charge in [-0.15, -0.1) is 0 Å². The van der Waals surface area contributed by atoms with Gasteiger partial charge in [-0.05, 0) is 49.3 Å². The zero-order chi connectivity index (χ0) is 17.2. The quantitative estimate of drug-likeness (QED) is 0.917. The summed E-state index contributed by atoms with van der Waals surface area (Å²) in [6.07, 6.45) is 9.59. The molecule has 1 N–H and O–H groups in total. The van der Waals surface area contributed by atoms with Gasteiger partial charge < -0.3 is 5.32 Å². The lowest BCUT2D eigenvalue weighted by Gasteiger charge is -2.26. The highest BCUT2D eigenvalue weighted by molar-refractivity contribution is 7.90. The highest BCUT2D eigenvalue weighted by atomic mass is 32.2. The van der Waals surface area contributed by atoms with Gasteiger partial charge in [0.2, 0.25) is 5.95 Å². The monoisotopic (exact) mass is 345 g/mol. The average Bonchev–Trinajstić information content (AvgIpc) is 2.57. The van der Waals surface area contributed by atoms with E-state index in [1.54, 1.807) is 36.7 Å². The number of nitrogens with one attached hydrogen (secondary N) is 1. The van der Waals surface area contributed by atoms with Crippen molar-refractivity contribution in [2.75, 3.05) is 11.6 Å². The molecule has 0 atom stereocenters. The molecule has 3 rings (SSSR count). The summed E-state index contributed by atoms with van der Waals surface area (Å²) in [5.41, 5.74) is 1.78. The van der Waals surface area contributed by atoms with Crippen LogP contribution in [0.15, 0.2) is 41.6 Å². The van der Waals surface area contributed by atoms with Crippen molar-refractivity contribution in [3.05, 3.63) is 36.7 Å². The largest absolute Gasteiger partial charge is 0.351 e. The molecule has 1 saturated carbocycles. The fraction of sp³-hybridized carbons (Fsp3) is 0.444. The molecular weight excluding hydrogens is 322 g/mol. The first-order valence-corrected chi connectivity index (χ1v) is 10.2. The van der Waals surface area contributed by atoms with Crippen LogP contribution in [0.1, 0.15) is 32.6 Å². The van der Waals surface area contributed by atoms with Crippen LogP contribution in [-0.2, 0) is 9.84 Å². The zero-order valence-electron chi connectivity index (χ0n) is 14.1. The number of hydrogen-bond donors (Lipinski definition) is 1. The summed E-state index contributed by atoms with van der Waals surface area (Å²) in [6.45, 7) is 2.30. The molecule has 24 heavy (non-hydrogen) atoms. The number of aromatic nitrogens is 2. The van der Waals surface area contributed by atoms with Gasteiger partial charge in [0.25, 0.3) is 0 Å². The summed E-state index contributed by atoms with van der Waals surface area (Å²) in [6, 6.07) is 7.25. The van der Waals surface area contributed by atoms with E-state index in [4.69, 9.17) is 0 Å². The molecule has 1 aliphatic rings. The van der Waals surface area contributed by atoms with Crippen molar-refractivity contribution < 1.29 is 8.42 Å². The summed E-state index contributed by atoms with van der Waals surface area (Å²) in [7, 11) is -3.17. The van der Waals surface area contributed by atoms with E-state index in [2.05, 4.69) is 22.2 Å². The van der Waals surface area contributed by atoms with Gasteiger partial charge >= 0.3 is 0 Å². The third-order valence-electron chi connectivity index (χ3n) is 4.62. The summed E-state index contributed by atoms with van der Waals surface area (Å²) >= 11 is 0. The van der Waals surface area contributed by atoms with Gasteiger partial charge in [0.15, 0.2) is 9.84 Å². The number of benzene rings is 1. The Balaban J connectivity index is 1.68. The van der Waals surface area contributed by atoms with Gasteiger partial charge in [-0.2, -0.15) is 0 Å². The van der Waals surface area contributed by atoms with Gasteiger partial charge in [-0.1, -0.05) is 19.1 Å². The predicted octanol–water partition coefficient (Wildman–Crippen LogP) is 3.54. The normalized spacial score (nSPS) is 21.4. The van der Waals surface area contributed by atoms with Crippen LogP contribution in [0.5, 0.6) is 0 Å². The molecule has 0 amide bonds. The van der Waals surface area contributed by atoms with Crippen molar-refractivity contribution in [3.8, 4) is 11.1 Å². The molecule has 0 aliphatic heterocycles. The number of rotatable bonds is 4. The lowest BCUT2D eigenvalue weighted by Crippen LogP contribution is -2.26. The molecule has 0 bridgehead atoms. The second kappa shape index (κ2) is 6.89. The molecule has 128 valence electrons. The zero-order valence-corrected chi connectivity index (χ0v) is 14.9. The van der Waals surface area contributed by atoms with E-state index in [1.165, 1.54) is 31.9 Å². The van der Waals surface area contributed by atoms with Crippen molar-refractivity contribution >= 4 is 15.8 Å². The van der Waals surface area contributed by atoms with Crippen LogP contribution in [0.3, 0.4) is 0 Å². The van der Waals surface area contributed by atoms with E-state index in [0.29, 0.717) is 16.9 Å². The van der Waals surface area contributed by atoms with E-state index in [0.717, 1.165) is 17.0 Å². The van der Waals surface area contributed by atoms with Crippen LogP contribution >= 0.6 is 0 Å². The maximum absolute atomic E-state index is 11.5. The predicted molar refractivity (Wildman–Crippen MR) is 95.6 cm³/mol. The fourth-order valence-electron chi connectivity index (χ4n) is 3.03. The second-order valence-corrected chi connectivity index (χ2v) is 8.71. The minimum absolute atomic E-state index is 0.317. The maximum atomic E-state index is 11.5. The van der Waals surface area contributed by atoms with Crippen LogP contribution in [0.4, 0.5) is 5.95 Å². The standard InChI is InChI=1S/C18H23N3O2S/c1-13-3-7-16(8-4-13)21-18-19-11-15(12-20-18)14-5-9-17(10-6-14)24(2,22)23/h5-6,9-13,16H,3-4,7-8H2,1-2H3,(H,19,20,21).